The topological polar surface area (TPSA) is 21.3 Å². The van der Waals surface area contributed by atoms with Gasteiger partial charge in [0.15, 0.2) is 0 Å². The summed E-state index contributed by atoms with van der Waals surface area (Å²) in [5.74, 6) is 1.94. The van der Waals surface area contributed by atoms with Gasteiger partial charge in [0.25, 0.3) is 0 Å². The highest BCUT2D eigenvalue weighted by molar-refractivity contribution is 5.60. The van der Waals surface area contributed by atoms with Crippen LogP contribution < -0.4 is 10.1 Å². The van der Waals surface area contributed by atoms with Crippen molar-refractivity contribution >= 4 is 5.69 Å². The summed E-state index contributed by atoms with van der Waals surface area (Å²) < 4.78 is 6.20. The van der Waals surface area contributed by atoms with Crippen LogP contribution in [-0.2, 0) is 6.42 Å². The highest BCUT2D eigenvalue weighted by atomic mass is 16.5. The molecule has 1 aromatic carbocycles. The first-order chi connectivity index (χ1) is 9.30. The number of aryl methyl sites for hydroxylation is 1. The van der Waals surface area contributed by atoms with Crippen LogP contribution in [0.25, 0.3) is 0 Å². The van der Waals surface area contributed by atoms with Crippen molar-refractivity contribution in [2.24, 2.45) is 5.92 Å². The van der Waals surface area contributed by atoms with Crippen molar-refractivity contribution in [2.75, 3.05) is 5.32 Å². The van der Waals surface area contributed by atoms with E-state index in [1.807, 2.05) is 0 Å². The third-order valence-electron chi connectivity index (χ3n) is 4.66. The molecule has 1 saturated carbocycles. The third kappa shape index (κ3) is 2.58. The van der Waals surface area contributed by atoms with Crippen molar-refractivity contribution in [3.8, 4) is 5.75 Å². The molecule has 1 aromatic rings. The van der Waals surface area contributed by atoms with E-state index in [2.05, 4.69) is 37.4 Å². The van der Waals surface area contributed by atoms with E-state index >= 15 is 0 Å². The molecule has 2 aliphatic rings. The van der Waals surface area contributed by atoms with Crippen LogP contribution in [0.5, 0.6) is 5.75 Å². The molecule has 0 bridgehead atoms. The first-order valence-electron chi connectivity index (χ1n) is 7.86. The molecular formula is C17H25NO. The number of fused-ring (bicyclic) bond motifs is 2. The van der Waals surface area contributed by atoms with Crippen molar-refractivity contribution in [1.82, 2.24) is 0 Å². The average molecular weight is 259 g/mol. The number of nitrogens with one attached hydrogen (secondary N) is 1. The minimum absolute atomic E-state index is 0.382. The number of hydrogen-bond acceptors (Lipinski definition) is 2. The lowest BCUT2D eigenvalue weighted by Gasteiger charge is -2.41. The van der Waals surface area contributed by atoms with Gasteiger partial charge in [-0.05, 0) is 49.3 Å². The molecule has 3 unspecified atom stereocenters. The number of rotatable bonds is 3. The van der Waals surface area contributed by atoms with Crippen LogP contribution in [-0.4, -0.2) is 12.1 Å². The van der Waals surface area contributed by atoms with Crippen LogP contribution in [0.2, 0.25) is 0 Å². The van der Waals surface area contributed by atoms with Gasteiger partial charge in [0, 0.05) is 0 Å². The summed E-state index contributed by atoms with van der Waals surface area (Å²) in [5.41, 5.74) is 2.59. The molecule has 2 heteroatoms. The normalized spacial score (nSPS) is 28.8. The molecule has 1 heterocycles. The fraction of sp³-hybridized carbons (Fsp3) is 0.647. The second-order valence-corrected chi connectivity index (χ2v) is 6.06. The summed E-state index contributed by atoms with van der Waals surface area (Å²) in [6.45, 7) is 4.49. The van der Waals surface area contributed by atoms with Gasteiger partial charge in [-0.1, -0.05) is 32.8 Å². The summed E-state index contributed by atoms with van der Waals surface area (Å²) in [5, 5.41) is 3.74. The van der Waals surface area contributed by atoms with Crippen molar-refractivity contribution in [2.45, 2.75) is 64.5 Å². The monoisotopic (exact) mass is 259 g/mol. The number of anilines is 1. The molecule has 0 aromatic heterocycles. The summed E-state index contributed by atoms with van der Waals surface area (Å²) in [4.78, 5) is 0. The molecule has 104 valence electrons. The van der Waals surface area contributed by atoms with Gasteiger partial charge < -0.3 is 10.1 Å². The van der Waals surface area contributed by atoms with Gasteiger partial charge >= 0.3 is 0 Å². The Bertz CT molecular complexity index is 443. The fourth-order valence-corrected chi connectivity index (χ4v) is 3.57. The molecule has 0 radical (unpaired) electrons. The average Bonchev–Trinajstić information content (AvgIpc) is 2.45. The van der Waals surface area contributed by atoms with E-state index in [1.165, 1.54) is 43.4 Å². The summed E-state index contributed by atoms with van der Waals surface area (Å²) >= 11 is 0. The van der Waals surface area contributed by atoms with Crippen LogP contribution in [0.15, 0.2) is 18.2 Å². The largest absolute Gasteiger partial charge is 0.486 e. The van der Waals surface area contributed by atoms with Gasteiger partial charge in [-0.15, -0.1) is 0 Å². The van der Waals surface area contributed by atoms with Crippen molar-refractivity contribution in [3.05, 3.63) is 23.8 Å². The molecule has 0 saturated heterocycles. The van der Waals surface area contributed by atoms with Gasteiger partial charge in [-0.2, -0.15) is 0 Å². The number of benzene rings is 1. The smallest absolute Gasteiger partial charge is 0.142 e. The molecule has 0 amide bonds. The molecule has 0 spiro atoms. The number of hydrogen-bond donors (Lipinski definition) is 1. The Labute approximate surface area is 116 Å². The maximum atomic E-state index is 6.20. The first kappa shape index (κ1) is 12.8. The van der Waals surface area contributed by atoms with Crippen LogP contribution in [0.4, 0.5) is 5.69 Å². The lowest BCUT2D eigenvalue weighted by molar-refractivity contribution is 0.105. The van der Waals surface area contributed by atoms with Gasteiger partial charge in [-0.25, -0.2) is 0 Å². The Morgan fingerprint density at radius 3 is 2.95 bits per heavy atom. The predicted molar refractivity (Wildman–Crippen MR) is 79.9 cm³/mol. The summed E-state index contributed by atoms with van der Waals surface area (Å²) in [6.07, 6.45) is 7.95. The van der Waals surface area contributed by atoms with Crippen LogP contribution in [0.3, 0.4) is 0 Å². The zero-order valence-electron chi connectivity index (χ0n) is 12.1. The maximum absolute atomic E-state index is 6.20. The quantitative estimate of drug-likeness (QED) is 0.869. The summed E-state index contributed by atoms with van der Waals surface area (Å²) in [6, 6.07) is 7.10. The second-order valence-electron chi connectivity index (χ2n) is 6.06. The van der Waals surface area contributed by atoms with E-state index in [9.17, 15) is 0 Å². The molecule has 1 N–H and O–H groups in total. The molecule has 3 rings (SSSR count). The molecule has 1 aliphatic heterocycles. The lowest BCUT2D eigenvalue weighted by Crippen LogP contribution is -2.45. The highest BCUT2D eigenvalue weighted by Gasteiger charge is 2.35. The lowest BCUT2D eigenvalue weighted by atomic mass is 9.80. The molecular weight excluding hydrogens is 234 g/mol. The molecule has 1 fully saturated rings. The van der Waals surface area contributed by atoms with Crippen LogP contribution in [0.1, 0.15) is 51.5 Å². The van der Waals surface area contributed by atoms with E-state index < -0.39 is 0 Å². The van der Waals surface area contributed by atoms with Crippen molar-refractivity contribution < 1.29 is 4.74 Å². The molecule has 1 aliphatic carbocycles. The first-order valence-corrected chi connectivity index (χ1v) is 7.86. The zero-order chi connectivity index (χ0) is 13.2. The Hall–Kier alpha value is -1.18. The minimum Gasteiger partial charge on any atom is -0.486 e. The molecule has 19 heavy (non-hydrogen) atoms. The fourth-order valence-electron chi connectivity index (χ4n) is 3.57. The second kappa shape index (κ2) is 5.44. The Morgan fingerprint density at radius 1 is 1.26 bits per heavy atom. The van der Waals surface area contributed by atoms with Gasteiger partial charge in [0.1, 0.15) is 11.9 Å². The standard InChI is InChI=1S/C17H25NO/c1-3-5-13-7-9-17-15(11-13)18-14-10-12(4-2)6-8-16(14)19-17/h6,8,10,13,15,17-18H,3-5,7,9,11H2,1-2H3. The van der Waals surface area contributed by atoms with E-state index in [1.54, 1.807) is 0 Å². The van der Waals surface area contributed by atoms with Gasteiger partial charge in [0.05, 0.1) is 11.7 Å². The predicted octanol–water partition coefficient (Wildman–Crippen LogP) is 4.39. The number of ether oxygens (including phenoxy) is 1. The summed E-state index contributed by atoms with van der Waals surface area (Å²) in [7, 11) is 0. The Morgan fingerprint density at radius 2 is 2.16 bits per heavy atom. The van der Waals surface area contributed by atoms with Gasteiger partial charge in [-0.3, -0.25) is 0 Å². The van der Waals surface area contributed by atoms with Crippen LogP contribution >= 0.6 is 0 Å². The highest BCUT2D eigenvalue weighted by Crippen LogP contribution is 2.39. The van der Waals surface area contributed by atoms with E-state index in [0.29, 0.717) is 12.1 Å². The van der Waals surface area contributed by atoms with Crippen molar-refractivity contribution in [1.29, 1.82) is 0 Å². The molecule has 2 nitrogen and oxygen atoms in total. The van der Waals surface area contributed by atoms with Gasteiger partial charge in [0.2, 0.25) is 0 Å². The third-order valence-corrected chi connectivity index (χ3v) is 4.66. The van der Waals surface area contributed by atoms with Crippen LogP contribution in [0, 0.1) is 5.92 Å². The zero-order valence-corrected chi connectivity index (χ0v) is 12.1. The SMILES string of the molecule is CCCC1CCC2Oc3ccc(CC)cc3NC2C1. The Kier molecular flexibility index (Phi) is 3.67. The Balaban J connectivity index is 1.76. The van der Waals surface area contributed by atoms with Crippen molar-refractivity contribution in [3.63, 3.8) is 0 Å². The molecule has 3 atom stereocenters. The van der Waals surface area contributed by atoms with E-state index in [-0.39, 0.29) is 0 Å². The minimum atomic E-state index is 0.382. The maximum Gasteiger partial charge on any atom is 0.142 e. The van der Waals surface area contributed by atoms with E-state index in [0.717, 1.165) is 18.1 Å². The van der Waals surface area contributed by atoms with E-state index in [4.69, 9.17) is 4.74 Å².